The molecule has 1 atom stereocenters. The Kier molecular flexibility index (Phi) is 3.08. The van der Waals surface area contributed by atoms with E-state index in [2.05, 4.69) is 31.4 Å². The van der Waals surface area contributed by atoms with Crippen LogP contribution in [0.15, 0.2) is 18.2 Å². The average Bonchev–Trinajstić information content (AvgIpc) is 2.74. The Morgan fingerprint density at radius 3 is 2.80 bits per heavy atom. The van der Waals surface area contributed by atoms with Gasteiger partial charge in [-0.25, -0.2) is 0 Å². The van der Waals surface area contributed by atoms with Crippen molar-refractivity contribution in [3.63, 3.8) is 0 Å². The Morgan fingerprint density at radius 2 is 2.15 bits per heavy atom. The van der Waals surface area contributed by atoms with Gasteiger partial charge in [0.25, 0.3) is 0 Å². The average molecular weight is 270 g/mol. The van der Waals surface area contributed by atoms with Crippen molar-refractivity contribution in [2.45, 2.75) is 52.0 Å². The number of rotatable bonds is 2. The first-order valence-corrected chi connectivity index (χ1v) is 7.47. The zero-order valence-corrected chi connectivity index (χ0v) is 12.4. The minimum Gasteiger partial charge on any atom is -0.366 e. The lowest BCUT2D eigenvalue weighted by atomic mass is 9.87. The number of aryl methyl sites for hydroxylation is 1. The number of hydrogen-bond donors (Lipinski definition) is 1. The van der Waals surface area contributed by atoms with Crippen LogP contribution >= 0.6 is 0 Å². The van der Waals surface area contributed by atoms with E-state index in [9.17, 15) is 4.79 Å². The highest BCUT2D eigenvalue weighted by Crippen LogP contribution is 2.40. The first kappa shape index (κ1) is 13.2. The van der Waals surface area contributed by atoms with E-state index in [1.807, 2.05) is 12.1 Å². The van der Waals surface area contributed by atoms with Crippen molar-refractivity contribution in [3.05, 3.63) is 35.0 Å². The molecular formula is C17H22N2O. The summed E-state index contributed by atoms with van der Waals surface area (Å²) in [5, 5.41) is 1.22. The van der Waals surface area contributed by atoms with Gasteiger partial charge in [-0.15, -0.1) is 0 Å². The molecule has 1 aliphatic carbocycles. The number of carbonyl (C=O) groups is 1. The van der Waals surface area contributed by atoms with Crippen molar-refractivity contribution in [1.82, 2.24) is 4.57 Å². The van der Waals surface area contributed by atoms with E-state index in [1.165, 1.54) is 35.0 Å². The maximum atomic E-state index is 11.4. The van der Waals surface area contributed by atoms with Gasteiger partial charge in [0.2, 0.25) is 5.91 Å². The molecule has 1 aromatic heterocycles. The Labute approximate surface area is 119 Å². The molecule has 0 fully saturated rings. The number of amides is 1. The van der Waals surface area contributed by atoms with Crippen LogP contribution in [0.5, 0.6) is 0 Å². The Hall–Kier alpha value is -1.77. The van der Waals surface area contributed by atoms with Gasteiger partial charge in [0, 0.05) is 28.2 Å². The highest BCUT2D eigenvalue weighted by atomic mass is 16.1. The fourth-order valence-corrected chi connectivity index (χ4v) is 3.63. The second kappa shape index (κ2) is 4.65. The summed E-state index contributed by atoms with van der Waals surface area (Å²) in [5.74, 6) is 0.243. The first-order valence-electron chi connectivity index (χ1n) is 7.47. The highest BCUT2D eigenvalue weighted by Gasteiger charge is 2.26. The van der Waals surface area contributed by atoms with E-state index in [0.29, 0.717) is 17.5 Å². The molecule has 1 aliphatic rings. The molecule has 0 aliphatic heterocycles. The van der Waals surface area contributed by atoms with E-state index in [0.717, 1.165) is 6.42 Å². The molecule has 1 unspecified atom stereocenters. The van der Waals surface area contributed by atoms with Crippen LogP contribution in [-0.2, 0) is 6.42 Å². The van der Waals surface area contributed by atoms with Crippen molar-refractivity contribution in [2.24, 2.45) is 5.73 Å². The number of nitrogens with zero attached hydrogens (tertiary/aromatic N) is 1. The number of primary amides is 1. The van der Waals surface area contributed by atoms with Gasteiger partial charge in [-0.05, 0) is 62.8 Å². The number of aromatic nitrogens is 1. The maximum absolute atomic E-state index is 11.4. The standard InChI is InChI=1S/C17H22N2O/c1-10(2)19-15-8-7-12(17(18)20)9-14(15)13-6-4-5-11(3)16(13)19/h7-11H,4-6H2,1-3H3,(H2,18,20). The minimum atomic E-state index is -0.346. The quantitative estimate of drug-likeness (QED) is 0.887. The Balaban J connectivity index is 2.36. The zero-order chi connectivity index (χ0) is 14.4. The van der Waals surface area contributed by atoms with Crippen LogP contribution < -0.4 is 5.73 Å². The molecule has 0 bridgehead atoms. The number of carbonyl (C=O) groups excluding carboxylic acids is 1. The largest absolute Gasteiger partial charge is 0.366 e. The molecule has 1 amide bonds. The van der Waals surface area contributed by atoms with Gasteiger partial charge in [0.15, 0.2) is 0 Å². The van der Waals surface area contributed by atoms with Crippen molar-refractivity contribution in [2.75, 3.05) is 0 Å². The summed E-state index contributed by atoms with van der Waals surface area (Å²) in [7, 11) is 0. The summed E-state index contributed by atoms with van der Waals surface area (Å²) in [6, 6.07) is 6.31. The second-order valence-corrected chi connectivity index (χ2v) is 6.22. The SMILES string of the molecule is CC1CCCc2c1n(C(C)C)c1ccc(C(N)=O)cc21. The maximum Gasteiger partial charge on any atom is 0.248 e. The minimum absolute atomic E-state index is 0.346. The molecule has 106 valence electrons. The van der Waals surface area contributed by atoms with Crippen LogP contribution in [-0.4, -0.2) is 10.5 Å². The number of fused-ring (bicyclic) bond motifs is 3. The molecule has 2 N–H and O–H groups in total. The van der Waals surface area contributed by atoms with Gasteiger partial charge >= 0.3 is 0 Å². The molecule has 20 heavy (non-hydrogen) atoms. The van der Waals surface area contributed by atoms with Crippen molar-refractivity contribution in [1.29, 1.82) is 0 Å². The lowest BCUT2D eigenvalue weighted by Gasteiger charge is -2.24. The number of nitrogens with two attached hydrogens (primary N) is 1. The number of hydrogen-bond acceptors (Lipinski definition) is 1. The van der Waals surface area contributed by atoms with Gasteiger partial charge in [0.05, 0.1) is 0 Å². The van der Waals surface area contributed by atoms with E-state index in [1.54, 1.807) is 0 Å². The lowest BCUT2D eigenvalue weighted by Crippen LogP contribution is -2.13. The van der Waals surface area contributed by atoms with Crippen LogP contribution in [0.25, 0.3) is 10.9 Å². The van der Waals surface area contributed by atoms with Crippen molar-refractivity contribution >= 4 is 16.8 Å². The molecule has 0 saturated carbocycles. The molecular weight excluding hydrogens is 248 g/mol. The smallest absolute Gasteiger partial charge is 0.248 e. The monoisotopic (exact) mass is 270 g/mol. The fraction of sp³-hybridized carbons (Fsp3) is 0.471. The molecule has 2 aromatic rings. The Bertz CT molecular complexity index is 682. The summed E-state index contributed by atoms with van der Waals surface area (Å²) in [6.45, 7) is 6.76. The van der Waals surface area contributed by atoms with Gasteiger partial charge in [0.1, 0.15) is 0 Å². The molecule has 3 rings (SSSR count). The van der Waals surface area contributed by atoms with Crippen LogP contribution in [0.3, 0.4) is 0 Å². The van der Waals surface area contributed by atoms with Crippen LogP contribution in [0.2, 0.25) is 0 Å². The highest BCUT2D eigenvalue weighted by molar-refractivity contribution is 5.98. The summed E-state index contributed by atoms with van der Waals surface area (Å²) >= 11 is 0. The first-order chi connectivity index (χ1) is 9.50. The normalized spacial score (nSPS) is 18.5. The molecule has 0 radical (unpaired) electrons. The molecule has 3 heteroatoms. The number of benzene rings is 1. The fourth-order valence-electron chi connectivity index (χ4n) is 3.63. The Morgan fingerprint density at radius 1 is 1.40 bits per heavy atom. The van der Waals surface area contributed by atoms with Crippen LogP contribution in [0, 0.1) is 0 Å². The third-order valence-corrected chi connectivity index (χ3v) is 4.48. The predicted molar refractivity (Wildman–Crippen MR) is 82.2 cm³/mol. The lowest BCUT2D eigenvalue weighted by molar-refractivity contribution is 0.100. The van der Waals surface area contributed by atoms with Gasteiger partial charge < -0.3 is 10.3 Å². The van der Waals surface area contributed by atoms with E-state index in [-0.39, 0.29) is 5.91 Å². The molecule has 0 spiro atoms. The van der Waals surface area contributed by atoms with E-state index < -0.39 is 0 Å². The topological polar surface area (TPSA) is 48.0 Å². The van der Waals surface area contributed by atoms with Gasteiger partial charge in [-0.2, -0.15) is 0 Å². The van der Waals surface area contributed by atoms with Crippen LogP contribution in [0.4, 0.5) is 0 Å². The molecule has 0 saturated heterocycles. The van der Waals surface area contributed by atoms with Crippen LogP contribution in [0.1, 0.15) is 67.2 Å². The molecule has 1 heterocycles. The van der Waals surface area contributed by atoms with Gasteiger partial charge in [-0.3, -0.25) is 4.79 Å². The summed E-state index contributed by atoms with van der Waals surface area (Å²) in [5.41, 5.74) is 10.2. The second-order valence-electron chi connectivity index (χ2n) is 6.22. The summed E-state index contributed by atoms with van der Waals surface area (Å²) in [6.07, 6.45) is 3.59. The predicted octanol–water partition coefficient (Wildman–Crippen LogP) is 3.76. The summed E-state index contributed by atoms with van der Waals surface area (Å²) < 4.78 is 2.44. The van der Waals surface area contributed by atoms with E-state index >= 15 is 0 Å². The molecule has 1 aromatic carbocycles. The third-order valence-electron chi connectivity index (χ3n) is 4.48. The van der Waals surface area contributed by atoms with Crippen molar-refractivity contribution < 1.29 is 4.79 Å². The third kappa shape index (κ3) is 1.84. The molecule has 3 nitrogen and oxygen atoms in total. The van der Waals surface area contributed by atoms with Gasteiger partial charge in [-0.1, -0.05) is 6.92 Å². The van der Waals surface area contributed by atoms with Crippen molar-refractivity contribution in [3.8, 4) is 0 Å². The summed E-state index contributed by atoms with van der Waals surface area (Å²) in [4.78, 5) is 11.4. The van der Waals surface area contributed by atoms with E-state index in [4.69, 9.17) is 5.73 Å². The zero-order valence-electron chi connectivity index (χ0n) is 12.4.